The van der Waals surface area contributed by atoms with Gasteiger partial charge in [-0.15, -0.1) is 11.3 Å². The van der Waals surface area contributed by atoms with E-state index in [1.54, 1.807) is 31.4 Å². The van der Waals surface area contributed by atoms with Crippen molar-refractivity contribution in [2.75, 3.05) is 7.11 Å². The predicted molar refractivity (Wildman–Crippen MR) is 106 cm³/mol. The SMILES string of the molecule is COc1cc(-c2cs/c(=N/C(=O)c3ccc(Cl)cc3)n2C)cc(C)c1C. The molecule has 1 amide bonds. The highest BCUT2D eigenvalue weighted by atomic mass is 35.5. The number of halogens is 1. The van der Waals surface area contributed by atoms with Crippen molar-refractivity contribution in [1.29, 1.82) is 0 Å². The molecule has 0 aliphatic carbocycles. The lowest BCUT2D eigenvalue weighted by Gasteiger charge is -2.11. The molecule has 0 radical (unpaired) electrons. The predicted octanol–water partition coefficient (Wildman–Crippen LogP) is 4.77. The number of hydrogen-bond donors (Lipinski definition) is 0. The van der Waals surface area contributed by atoms with Gasteiger partial charge in [0.25, 0.3) is 5.91 Å². The van der Waals surface area contributed by atoms with Gasteiger partial charge in [0.15, 0.2) is 4.80 Å². The summed E-state index contributed by atoms with van der Waals surface area (Å²) in [6, 6.07) is 10.9. The first-order chi connectivity index (χ1) is 12.4. The lowest BCUT2D eigenvalue weighted by molar-refractivity contribution is 0.0998. The molecule has 0 fully saturated rings. The van der Waals surface area contributed by atoms with Gasteiger partial charge in [0.1, 0.15) is 5.75 Å². The number of methoxy groups -OCH3 is 1. The van der Waals surface area contributed by atoms with E-state index in [4.69, 9.17) is 16.3 Å². The van der Waals surface area contributed by atoms with E-state index in [9.17, 15) is 4.79 Å². The Morgan fingerprint density at radius 1 is 1.19 bits per heavy atom. The summed E-state index contributed by atoms with van der Waals surface area (Å²) in [7, 11) is 3.58. The van der Waals surface area contributed by atoms with Crippen LogP contribution >= 0.6 is 22.9 Å². The number of amides is 1. The van der Waals surface area contributed by atoms with Crippen molar-refractivity contribution in [1.82, 2.24) is 4.57 Å². The van der Waals surface area contributed by atoms with Crippen LogP contribution in [-0.4, -0.2) is 17.6 Å². The Kier molecular flexibility index (Phi) is 5.30. The minimum Gasteiger partial charge on any atom is -0.496 e. The van der Waals surface area contributed by atoms with Crippen molar-refractivity contribution >= 4 is 28.8 Å². The van der Waals surface area contributed by atoms with E-state index in [0.29, 0.717) is 15.4 Å². The summed E-state index contributed by atoms with van der Waals surface area (Å²) >= 11 is 7.30. The lowest BCUT2D eigenvalue weighted by atomic mass is 10.0. The highest BCUT2D eigenvalue weighted by Crippen LogP contribution is 2.29. The van der Waals surface area contributed by atoms with Gasteiger partial charge in [-0.25, -0.2) is 0 Å². The van der Waals surface area contributed by atoms with E-state index in [0.717, 1.165) is 28.1 Å². The fraction of sp³-hybridized carbons (Fsp3) is 0.200. The van der Waals surface area contributed by atoms with Crippen LogP contribution in [0.2, 0.25) is 5.02 Å². The third kappa shape index (κ3) is 3.59. The van der Waals surface area contributed by atoms with Gasteiger partial charge in [0.2, 0.25) is 0 Å². The Morgan fingerprint density at radius 2 is 1.88 bits per heavy atom. The minimum absolute atomic E-state index is 0.289. The van der Waals surface area contributed by atoms with Gasteiger partial charge in [-0.05, 0) is 61.4 Å². The molecule has 4 nitrogen and oxygen atoms in total. The molecule has 3 rings (SSSR count). The molecule has 134 valence electrons. The fourth-order valence-electron chi connectivity index (χ4n) is 2.66. The number of aromatic nitrogens is 1. The zero-order valence-electron chi connectivity index (χ0n) is 15.0. The number of carbonyl (C=O) groups excluding carboxylic acids is 1. The maximum atomic E-state index is 12.4. The first kappa shape index (κ1) is 18.4. The number of benzene rings is 2. The second-order valence-electron chi connectivity index (χ2n) is 6.01. The molecule has 26 heavy (non-hydrogen) atoms. The Labute approximate surface area is 161 Å². The summed E-state index contributed by atoms with van der Waals surface area (Å²) in [6.45, 7) is 4.10. The van der Waals surface area contributed by atoms with Gasteiger partial charge in [-0.2, -0.15) is 4.99 Å². The molecule has 0 aliphatic rings. The van der Waals surface area contributed by atoms with E-state index < -0.39 is 0 Å². The topological polar surface area (TPSA) is 43.6 Å². The quantitative estimate of drug-likeness (QED) is 0.650. The first-order valence-electron chi connectivity index (χ1n) is 8.05. The average molecular weight is 387 g/mol. The Balaban J connectivity index is 2.02. The standard InChI is InChI=1S/C20H19ClN2O2S/c1-12-9-15(10-18(25-4)13(12)2)17-11-26-20(23(17)3)22-19(24)14-5-7-16(21)8-6-14/h5-11H,1-4H3/b22-20+. The van der Waals surface area contributed by atoms with Crippen LogP contribution in [0.1, 0.15) is 21.5 Å². The fourth-order valence-corrected chi connectivity index (χ4v) is 3.69. The van der Waals surface area contributed by atoms with E-state index in [2.05, 4.69) is 18.0 Å². The van der Waals surface area contributed by atoms with Crippen LogP contribution in [0.25, 0.3) is 11.3 Å². The minimum atomic E-state index is -0.289. The second kappa shape index (κ2) is 7.48. The number of carbonyl (C=O) groups is 1. The van der Waals surface area contributed by atoms with Crippen LogP contribution in [0.15, 0.2) is 46.8 Å². The molecule has 0 unspecified atom stereocenters. The first-order valence-corrected chi connectivity index (χ1v) is 9.31. The van der Waals surface area contributed by atoms with Gasteiger partial charge in [-0.1, -0.05) is 11.6 Å². The maximum absolute atomic E-state index is 12.4. The summed E-state index contributed by atoms with van der Waals surface area (Å²) < 4.78 is 7.39. The number of ether oxygens (including phenoxy) is 1. The van der Waals surface area contributed by atoms with Crippen LogP contribution in [0.4, 0.5) is 0 Å². The maximum Gasteiger partial charge on any atom is 0.279 e. The molecular formula is C20H19ClN2O2S. The van der Waals surface area contributed by atoms with E-state index in [1.807, 2.05) is 30.0 Å². The second-order valence-corrected chi connectivity index (χ2v) is 7.28. The zero-order valence-corrected chi connectivity index (χ0v) is 16.6. The number of nitrogens with zero attached hydrogens (tertiary/aromatic N) is 2. The lowest BCUT2D eigenvalue weighted by Crippen LogP contribution is -2.14. The average Bonchev–Trinajstić information content (AvgIpc) is 2.98. The van der Waals surface area contributed by atoms with Crippen molar-refractivity contribution in [3.63, 3.8) is 0 Å². The van der Waals surface area contributed by atoms with E-state index in [-0.39, 0.29) is 5.91 Å². The van der Waals surface area contributed by atoms with Crippen LogP contribution < -0.4 is 9.54 Å². The summed E-state index contributed by atoms with van der Waals surface area (Å²) in [5, 5.41) is 2.59. The molecule has 0 bridgehead atoms. The van der Waals surface area contributed by atoms with E-state index >= 15 is 0 Å². The van der Waals surface area contributed by atoms with Crippen LogP contribution in [0.5, 0.6) is 5.75 Å². The summed E-state index contributed by atoms with van der Waals surface area (Å²) in [6.07, 6.45) is 0. The normalized spacial score (nSPS) is 11.7. The van der Waals surface area contributed by atoms with Crippen molar-refractivity contribution in [3.8, 4) is 17.0 Å². The van der Waals surface area contributed by atoms with Crippen LogP contribution in [0.3, 0.4) is 0 Å². The Morgan fingerprint density at radius 3 is 2.54 bits per heavy atom. The summed E-state index contributed by atoms with van der Waals surface area (Å²) in [5.41, 5.74) is 4.80. The molecular weight excluding hydrogens is 368 g/mol. The number of hydrogen-bond acceptors (Lipinski definition) is 3. The highest BCUT2D eigenvalue weighted by Gasteiger charge is 2.11. The van der Waals surface area contributed by atoms with Gasteiger partial charge in [-0.3, -0.25) is 4.79 Å². The highest BCUT2D eigenvalue weighted by molar-refractivity contribution is 7.07. The molecule has 0 N–H and O–H groups in total. The van der Waals surface area contributed by atoms with Gasteiger partial charge in [0.05, 0.1) is 12.8 Å². The van der Waals surface area contributed by atoms with Crippen LogP contribution in [0, 0.1) is 13.8 Å². The van der Waals surface area contributed by atoms with E-state index in [1.165, 1.54) is 11.3 Å². The molecule has 6 heteroatoms. The summed E-state index contributed by atoms with van der Waals surface area (Å²) in [5.74, 6) is 0.560. The van der Waals surface area contributed by atoms with Crippen molar-refractivity contribution in [2.24, 2.45) is 12.0 Å². The molecule has 0 saturated heterocycles. The molecule has 0 aliphatic heterocycles. The number of rotatable bonds is 3. The number of thiazole rings is 1. The zero-order chi connectivity index (χ0) is 18.8. The molecule has 0 spiro atoms. The molecule has 3 aromatic rings. The largest absolute Gasteiger partial charge is 0.496 e. The third-order valence-electron chi connectivity index (χ3n) is 4.35. The van der Waals surface area contributed by atoms with Crippen LogP contribution in [-0.2, 0) is 7.05 Å². The van der Waals surface area contributed by atoms with Crippen molar-refractivity contribution < 1.29 is 9.53 Å². The van der Waals surface area contributed by atoms with Crippen molar-refractivity contribution in [2.45, 2.75) is 13.8 Å². The van der Waals surface area contributed by atoms with Gasteiger partial charge in [0, 0.05) is 28.6 Å². The summed E-state index contributed by atoms with van der Waals surface area (Å²) in [4.78, 5) is 17.3. The van der Waals surface area contributed by atoms with Crippen molar-refractivity contribution in [3.05, 3.63) is 68.3 Å². The van der Waals surface area contributed by atoms with Gasteiger partial charge >= 0.3 is 0 Å². The molecule has 0 atom stereocenters. The monoisotopic (exact) mass is 386 g/mol. The molecule has 0 saturated carbocycles. The molecule has 2 aromatic carbocycles. The smallest absolute Gasteiger partial charge is 0.279 e. The Bertz CT molecular complexity index is 1030. The molecule has 1 aromatic heterocycles. The molecule has 1 heterocycles. The third-order valence-corrected chi connectivity index (χ3v) is 5.52. The number of aryl methyl sites for hydroxylation is 1. The Hall–Kier alpha value is -2.37. The van der Waals surface area contributed by atoms with Gasteiger partial charge < -0.3 is 9.30 Å².